The van der Waals surface area contributed by atoms with E-state index < -0.39 is 0 Å². The number of fused-ring (bicyclic) bond motifs is 1. The van der Waals surface area contributed by atoms with E-state index in [0.717, 1.165) is 42.7 Å². The summed E-state index contributed by atoms with van der Waals surface area (Å²) in [5.41, 5.74) is 1.65. The third-order valence-corrected chi connectivity index (χ3v) is 5.28. The summed E-state index contributed by atoms with van der Waals surface area (Å²) in [7, 11) is 3.74. The van der Waals surface area contributed by atoms with Gasteiger partial charge in [0.05, 0.1) is 18.0 Å². The molecule has 1 amide bonds. The van der Waals surface area contributed by atoms with Crippen LogP contribution in [0.4, 0.5) is 5.82 Å². The fourth-order valence-electron chi connectivity index (χ4n) is 3.62. The van der Waals surface area contributed by atoms with Crippen molar-refractivity contribution in [3.63, 3.8) is 0 Å². The van der Waals surface area contributed by atoms with Gasteiger partial charge in [-0.1, -0.05) is 18.2 Å². The molecule has 3 aromatic rings. The summed E-state index contributed by atoms with van der Waals surface area (Å²) >= 11 is 0. The Balaban J connectivity index is 1.43. The first-order valence-electron chi connectivity index (χ1n) is 8.98. The molecule has 0 saturated carbocycles. The Morgan fingerprint density at radius 2 is 1.92 bits per heavy atom. The van der Waals surface area contributed by atoms with Crippen LogP contribution in [0.5, 0.6) is 0 Å². The summed E-state index contributed by atoms with van der Waals surface area (Å²) in [6.45, 7) is 1.80. The maximum atomic E-state index is 12.7. The maximum absolute atomic E-state index is 12.7. The van der Waals surface area contributed by atoms with Crippen molar-refractivity contribution in [3.05, 3.63) is 54.6 Å². The van der Waals surface area contributed by atoms with Crippen molar-refractivity contribution < 1.29 is 4.79 Å². The molecule has 6 nitrogen and oxygen atoms in total. The van der Waals surface area contributed by atoms with Crippen LogP contribution < -0.4 is 4.90 Å². The Morgan fingerprint density at radius 3 is 2.65 bits per heavy atom. The second-order valence-electron chi connectivity index (χ2n) is 6.89. The van der Waals surface area contributed by atoms with E-state index in [9.17, 15) is 4.79 Å². The molecule has 0 spiro atoms. The molecule has 0 unspecified atom stereocenters. The van der Waals surface area contributed by atoms with E-state index in [4.69, 9.17) is 4.98 Å². The van der Waals surface area contributed by atoms with Gasteiger partial charge in [0.1, 0.15) is 11.5 Å². The minimum atomic E-state index is 0.0345. The number of pyridine rings is 1. The molecule has 4 rings (SSSR count). The third-order valence-electron chi connectivity index (χ3n) is 5.28. The van der Waals surface area contributed by atoms with Crippen LogP contribution in [0.25, 0.3) is 10.9 Å². The number of carbonyl (C=O) groups is 1. The zero-order valence-corrected chi connectivity index (χ0v) is 15.2. The number of nitrogens with zero attached hydrogens (tertiary/aromatic N) is 5. The smallest absolute Gasteiger partial charge is 0.272 e. The Labute approximate surface area is 153 Å². The van der Waals surface area contributed by atoms with Crippen LogP contribution >= 0.6 is 0 Å². The molecular weight excluding hydrogens is 326 g/mol. The Kier molecular flexibility index (Phi) is 4.32. The largest absolute Gasteiger partial charge is 0.356 e. The van der Waals surface area contributed by atoms with Crippen LogP contribution in [0, 0.1) is 0 Å². The Morgan fingerprint density at radius 1 is 1.15 bits per heavy atom. The number of benzene rings is 1. The third kappa shape index (κ3) is 3.03. The molecule has 1 saturated heterocycles. The SMILES string of the molecule is CN(C(=O)c1cncn1C)C1CCN(c2ccc3ccccc3n2)CC1. The number of imidazole rings is 1. The normalized spacial score (nSPS) is 15.4. The molecule has 0 aliphatic carbocycles. The summed E-state index contributed by atoms with van der Waals surface area (Å²) in [4.78, 5) is 25.7. The maximum Gasteiger partial charge on any atom is 0.272 e. The van der Waals surface area contributed by atoms with E-state index in [1.807, 2.05) is 37.2 Å². The molecule has 6 heteroatoms. The van der Waals surface area contributed by atoms with E-state index in [1.165, 1.54) is 0 Å². The van der Waals surface area contributed by atoms with Crippen LogP contribution in [0.3, 0.4) is 0 Å². The van der Waals surface area contributed by atoms with Gasteiger partial charge in [0.25, 0.3) is 5.91 Å². The number of rotatable bonds is 3. The van der Waals surface area contributed by atoms with Gasteiger partial charge in [0.2, 0.25) is 0 Å². The highest BCUT2D eigenvalue weighted by Gasteiger charge is 2.27. The van der Waals surface area contributed by atoms with E-state index in [2.05, 4.69) is 28.1 Å². The molecule has 1 aromatic carbocycles. The Bertz CT molecular complexity index is 927. The first kappa shape index (κ1) is 16.6. The zero-order chi connectivity index (χ0) is 18.1. The first-order valence-corrected chi connectivity index (χ1v) is 8.98. The molecule has 1 fully saturated rings. The van der Waals surface area contributed by atoms with E-state index >= 15 is 0 Å². The predicted molar refractivity (Wildman–Crippen MR) is 102 cm³/mol. The van der Waals surface area contributed by atoms with Gasteiger partial charge in [-0.2, -0.15) is 0 Å². The zero-order valence-electron chi connectivity index (χ0n) is 15.2. The average Bonchev–Trinajstić information content (AvgIpc) is 3.12. The van der Waals surface area contributed by atoms with Gasteiger partial charge in [-0.15, -0.1) is 0 Å². The summed E-state index contributed by atoms with van der Waals surface area (Å²) in [6.07, 6.45) is 5.17. The average molecular weight is 349 g/mol. The number of anilines is 1. The van der Waals surface area contributed by atoms with E-state index in [-0.39, 0.29) is 11.9 Å². The first-order chi connectivity index (χ1) is 12.6. The number of aromatic nitrogens is 3. The number of para-hydroxylation sites is 1. The second-order valence-corrected chi connectivity index (χ2v) is 6.89. The van der Waals surface area contributed by atoms with Gasteiger partial charge in [0.15, 0.2) is 0 Å². The second kappa shape index (κ2) is 6.78. The molecule has 0 atom stereocenters. The highest BCUT2D eigenvalue weighted by Crippen LogP contribution is 2.23. The summed E-state index contributed by atoms with van der Waals surface area (Å²) in [5.74, 6) is 1.05. The number of aryl methyl sites for hydroxylation is 1. The Hall–Kier alpha value is -2.89. The summed E-state index contributed by atoms with van der Waals surface area (Å²) < 4.78 is 1.77. The predicted octanol–water partition coefficient (Wildman–Crippen LogP) is 2.71. The van der Waals surface area contributed by atoms with Gasteiger partial charge in [-0.25, -0.2) is 9.97 Å². The highest BCUT2D eigenvalue weighted by molar-refractivity contribution is 5.92. The van der Waals surface area contributed by atoms with Crippen molar-refractivity contribution in [1.82, 2.24) is 19.4 Å². The van der Waals surface area contributed by atoms with Crippen molar-refractivity contribution >= 4 is 22.6 Å². The lowest BCUT2D eigenvalue weighted by Crippen LogP contribution is -2.46. The molecule has 1 aliphatic rings. The minimum absolute atomic E-state index is 0.0345. The van der Waals surface area contributed by atoms with Crippen molar-refractivity contribution in [2.45, 2.75) is 18.9 Å². The number of hydrogen-bond acceptors (Lipinski definition) is 4. The molecule has 134 valence electrons. The quantitative estimate of drug-likeness (QED) is 0.730. The number of carbonyl (C=O) groups excluding carboxylic acids is 1. The van der Waals surface area contributed by atoms with Crippen molar-refractivity contribution in [1.29, 1.82) is 0 Å². The van der Waals surface area contributed by atoms with Gasteiger partial charge < -0.3 is 14.4 Å². The summed E-state index contributed by atoms with van der Waals surface area (Å²) in [5, 5.41) is 1.16. The number of amides is 1. The lowest BCUT2D eigenvalue weighted by Gasteiger charge is -2.37. The van der Waals surface area contributed by atoms with Gasteiger partial charge in [-0.05, 0) is 31.0 Å². The molecule has 0 N–H and O–H groups in total. The van der Waals surface area contributed by atoms with Crippen molar-refractivity contribution in [2.75, 3.05) is 25.0 Å². The number of piperidine rings is 1. The molecule has 1 aliphatic heterocycles. The van der Waals surface area contributed by atoms with E-state index in [1.54, 1.807) is 17.1 Å². The topological polar surface area (TPSA) is 54.3 Å². The minimum Gasteiger partial charge on any atom is -0.356 e. The van der Waals surface area contributed by atoms with E-state index in [0.29, 0.717) is 5.69 Å². The van der Waals surface area contributed by atoms with Crippen LogP contribution in [-0.4, -0.2) is 51.5 Å². The highest BCUT2D eigenvalue weighted by atomic mass is 16.2. The monoisotopic (exact) mass is 349 g/mol. The molecule has 3 heterocycles. The molecule has 26 heavy (non-hydrogen) atoms. The van der Waals surface area contributed by atoms with Crippen LogP contribution in [-0.2, 0) is 7.05 Å². The van der Waals surface area contributed by atoms with Gasteiger partial charge >= 0.3 is 0 Å². The van der Waals surface area contributed by atoms with Gasteiger partial charge in [-0.3, -0.25) is 4.79 Å². The molecule has 2 aromatic heterocycles. The van der Waals surface area contributed by atoms with Crippen LogP contribution in [0.15, 0.2) is 48.9 Å². The van der Waals surface area contributed by atoms with Crippen LogP contribution in [0.1, 0.15) is 23.3 Å². The molecule has 0 radical (unpaired) electrons. The standard InChI is InChI=1S/C20H23N5O/c1-23-14-21-13-18(23)20(26)24(2)16-9-11-25(12-10-16)19-8-7-15-5-3-4-6-17(15)22-19/h3-8,13-14,16H,9-12H2,1-2H3. The lowest BCUT2D eigenvalue weighted by atomic mass is 10.0. The van der Waals surface area contributed by atoms with Crippen LogP contribution in [0.2, 0.25) is 0 Å². The fourth-order valence-corrected chi connectivity index (χ4v) is 3.62. The lowest BCUT2D eigenvalue weighted by molar-refractivity contribution is 0.0699. The molecule has 0 bridgehead atoms. The number of hydrogen-bond donors (Lipinski definition) is 0. The summed E-state index contributed by atoms with van der Waals surface area (Å²) in [6, 6.07) is 12.6. The van der Waals surface area contributed by atoms with Crippen molar-refractivity contribution in [2.24, 2.45) is 7.05 Å². The van der Waals surface area contributed by atoms with Gasteiger partial charge in [0, 0.05) is 38.6 Å². The van der Waals surface area contributed by atoms with Crippen molar-refractivity contribution in [3.8, 4) is 0 Å². The molecular formula is C20H23N5O. The fraction of sp³-hybridized carbons (Fsp3) is 0.350.